The van der Waals surface area contributed by atoms with Gasteiger partial charge in [0.05, 0.1) is 0 Å². The van der Waals surface area contributed by atoms with Crippen molar-refractivity contribution in [1.82, 2.24) is 4.90 Å². The van der Waals surface area contributed by atoms with Crippen LogP contribution in [-0.4, -0.2) is 25.5 Å². The van der Waals surface area contributed by atoms with E-state index in [0.29, 0.717) is 5.41 Å². The lowest BCUT2D eigenvalue weighted by atomic mass is 9.45. The fraction of sp³-hybridized carbons (Fsp3) is 0.727. The van der Waals surface area contributed by atoms with Crippen molar-refractivity contribution in [3.63, 3.8) is 0 Å². The first-order valence-corrected chi connectivity index (χ1v) is 9.84. The molecule has 0 heterocycles. The SMILES string of the molecule is CN(C)CCCC(c1ccccc1)C12CC3CC(CC(C3)C1)C2. The fourth-order valence-corrected chi connectivity index (χ4v) is 6.73. The van der Waals surface area contributed by atoms with Gasteiger partial charge in [0.15, 0.2) is 0 Å². The molecular weight excluding hydrogens is 278 g/mol. The zero-order valence-electron chi connectivity index (χ0n) is 15.0. The molecule has 0 N–H and O–H groups in total. The predicted octanol–water partition coefficient (Wildman–Crippen LogP) is 5.33. The molecule has 1 atom stereocenters. The van der Waals surface area contributed by atoms with E-state index < -0.39 is 0 Å². The Labute approximate surface area is 142 Å². The van der Waals surface area contributed by atoms with Gasteiger partial charge in [-0.25, -0.2) is 0 Å². The average Bonchev–Trinajstić information content (AvgIpc) is 2.50. The Morgan fingerprint density at radius 3 is 2.04 bits per heavy atom. The van der Waals surface area contributed by atoms with E-state index in [1.165, 1.54) is 38.6 Å². The monoisotopic (exact) mass is 311 g/mol. The molecule has 126 valence electrons. The van der Waals surface area contributed by atoms with Gasteiger partial charge in [-0.05, 0) is 107 Å². The fourth-order valence-electron chi connectivity index (χ4n) is 6.73. The molecule has 0 spiro atoms. The van der Waals surface area contributed by atoms with E-state index in [1.54, 1.807) is 24.8 Å². The molecule has 0 aromatic heterocycles. The van der Waals surface area contributed by atoms with Crippen molar-refractivity contribution in [2.45, 2.75) is 57.3 Å². The summed E-state index contributed by atoms with van der Waals surface area (Å²) in [6.45, 7) is 1.23. The maximum atomic E-state index is 2.42. The van der Waals surface area contributed by atoms with Crippen molar-refractivity contribution in [1.29, 1.82) is 0 Å². The van der Waals surface area contributed by atoms with Crippen LogP contribution >= 0.6 is 0 Å². The molecule has 4 aliphatic rings. The molecule has 0 aliphatic heterocycles. The summed E-state index contributed by atoms with van der Waals surface area (Å²) in [5.41, 5.74) is 2.27. The molecule has 0 saturated heterocycles. The number of rotatable bonds is 6. The molecule has 0 amide bonds. The van der Waals surface area contributed by atoms with Crippen LogP contribution in [0.3, 0.4) is 0 Å². The summed E-state index contributed by atoms with van der Waals surface area (Å²) in [6, 6.07) is 11.5. The molecule has 4 fully saturated rings. The van der Waals surface area contributed by atoms with Crippen molar-refractivity contribution in [3.8, 4) is 0 Å². The molecule has 1 aromatic carbocycles. The summed E-state index contributed by atoms with van der Waals surface area (Å²) in [4.78, 5) is 2.35. The first-order chi connectivity index (χ1) is 11.1. The zero-order valence-corrected chi connectivity index (χ0v) is 15.0. The summed E-state index contributed by atoms with van der Waals surface area (Å²) >= 11 is 0. The van der Waals surface area contributed by atoms with Crippen molar-refractivity contribution in [3.05, 3.63) is 35.9 Å². The van der Waals surface area contributed by atoms with E-state index in [9.17, 15) is 0 Å². The third-order valence-electron chi connectivity index (χ3n) is 7.12. The van der Waals surface area contributed by atoms with Crippen molar-refractivity contribution in [2.24, 2.45) is 23.2 Å². The molecular formula is C22H33N. The molecule has 0 radical (unpaired) electrons. The van der Waals surface area contributed by atoms with Gasteiger partial charge in [-0.1, -0.05) is 30.3 Å². The third-order valence-corrected chi connectivity index (χ3v) is 7.12. The Hall–Kier alpha value is -0.820. The Bertz CT molecular complexity index is 483. The van der Waals surface area contributed by atoms with Crippen LogP contribution in [0.25, 0.3) is 0 Å². The van der Waals surface area contributed by atoms with E-state index in [1.807, 2.05) is 0 Å². The van der Waals surface area contributed by atoms with Gasteiger partial charge in [0.2, 0.25) is 0 Å². The van der Waals surface area contributed by atoms with Gasteiger partial charge in [-0.2, -0.15) is 0 Å². The third kappa shape index (κ3) is 3.09. The van der Waals surface area contributed by atoms with E-state index >= 15 is 0 Å². The second kappa shape index (κ2) is 6.24. The maximum absolute atomic E-state index is 2.42. The van der Waals surface area contributed by atoms with E-state index in [-0.39, 0.29) is 0 Å². The maximum Gasteiger partial charge on any atom is -0.00246 e. The predicted molar refractivity (Wildman–Crippen MR) is 97.6 cm³/mol. The van der Waals surface area contributed by atoms with Gasteiger partial charge in [-0.15, -0.1) is 0 Å². The van der Waals surface area contributed by atoms with Crippen LogP contribution in [0.1, 0.15) is 62.8 Å². The number of nitrogens with zero attached hydrogens (tertiary/aromatic N) is 1. The lowest BCUT2D eigenvalue weighted by molar-refractivity contribution is -0.0705. The topological polar surface area (TPSA) is 3.24 Å². The van der Waals surface area contributed by atoms with Gasteiger partial charge in [0.1, 0.15) is 0 Å². The molecule has 4 bridgehead atoms. The number of benzene rings is 1. The number of hydrogen-bond donors (Lipinski definition) is 0. The molecule has 4 saturated carbocycles. The number of hydrogen-bond acceptors (Lipinski definition) is 1. The van der Waals surface area contributed by atoms with Gasteiger partial charge in [0.25, 0.3) is 0 Å². The van der Waals surface area contributed by atoms with Crippen LogP contribution in [0, 0.1) is 23.2 Å². The largest absolute Gasteiger partial charge is 0.309 e. The summed E-state index contributed by atoms with van der Waals surface area (Å²) in [5.74, 6) is 3.97. The Morgan fingerprint density at radius 1 is 0.957 bits per heavy atom. The van der Waals surface area contributed by atoms with Gasteiger partial charge >= 0.3 is 0 Å². The Balaban J connectivity index is 1.59. The van der Waals surface area contributed by atoms with Crippen LogP contribution in [0.15, 0.2) is 30.3 Å². The van der Waals surface area contributed by atoms with Gasteiger partial charge in [0, 0.05) is 0 Å². The van der Waals surface area contributed by atoms with Crippen LogP contribution in [0.2, 0.25) is 0 Å². The minimum absolute atomic E-state index is 0.641. The van der Waals surface area contributed by atoms with E-state index in [2.05, 4.69) is 49.3 Å². The van der Waals surface area contributed by atoms with Crippen LogP contribution < -0.4 is 0 Å². The van der Waals surface area contributed by atoms with Crippen molar-refractivity contribution in [2.75, 3.05) is 20.6 Å². The van der Waals surface area contributed by atoms with Gasteiger partial charge in [-0.3, -0.25) is 0 Å². The first-order valence-electron chi connectivity index (χ1n) is 9.84. The minimum Gasteiger partial charge on any atom is -0.309 e. The summed E-state index contributed by atoms with van der Waals surface area (Å²) in [6.07, 6.45) is 12.0. The summed E-state index contributed by atoms with van der Waals surface area (Å²) < 4.78 is 0. The second-order valence-electron chi connectivity index (χ2n) is 9.19. The summed E-state index contributed by atoms with van der Waals surface area (Å²) in [5, 5.41) is 0. The lowest BCUT2D eigenvalue weighted by Crippen LogP contribution is -2.49. The molecule has 1 aromatic rings. The second-order valence-corrected chi connectivity index (χ2v) is 9.19. The highest BCUT2D eigenvalue weighted by atomic mass is 15.0. The minimum atomic E-state index is 0.641. The molecule has 4 aliphatic carbocycles. The molecule has 23 heavy (non-hydrogen) atoms. The highest BCUT2D eigenvalue weighted by Gasteiger charge is 2.53. The van der Waals surface area contributed by atoms with Crippen molar-refractivity contribution < 1.29 is 0 Å². The lowest BCUT2D eigenvalue weighted by Gasteiger charge is -2.60. The molecule has 1 nitrogen and oxygen atoms in total. The highest BCUT2D eigenvalue weighted by molar-refractivity contribution is 5.24. The van der Waals surface area contributed by atoms with Crippen LogP contribution in [0.5, 0.6) is 0 Å². The average molecular weight is 312 g/mol. The molecule has 1 heteroatoms. The van der Waals surface area contributed by atoms with Crippen LogP contribution in [-0.2, 0) is 0 Å². The van der Waals surface area contributed by atoms with Crippen molar-refractivity contribution >= 4 is 0 Å². The zero-order chi connectivity index (χ0) is 15.9. The molecule has 5 rings (SSSR count). The highest BCUT2D eigenvalue weighted by Crippen LogP contribution is 2.65. The van der Waals surface area contributed by atoms with E-state index in [4.69, 9.17) is 0 Å². The van der Waals surface area contributed by atoms with Gasteiger partial charge < -0.3 is 4.90 Å². The smallest absolute Gasteiger partial charge is 0.00246 e. The Morgan fingerprint density at radius 2 is 1.52 bits per heavy atom. The first kappa shape index (κ1) is 15.7. The van der Waals surface area contributed by atoms with Crippen LogP contribution in [0.4, 0.5) is 0 Å². The normalized spacial score (nSPS) is 36.6. The summed E-state index contributed by atoms with van der Waals surface area (Å²) in [7, 11) is 4.42. The molecule has 1 unspecified atom stereocenters. The quantitative estimate of drug-likeness (QED) is 0.686. The Kier molecular flexibility index (Phi) is 4.26. The standard InChI is InChI=1S/C22H33N/c1-23(2)10-6-9-21(20-7-4-3-5-8-20)22-14-17-11-18(15-22)13-19(12-17)16-22/h3-5,7-8,17-19,21H,6,9-16H2,1-2H3. The van der Waals surface area contributed by atoms with E-state index in [0.717, 1.165) is 23.7 Å².